The van der Waals surface area contributed by atoms with Crippen LogP contribution in [0.5, 0.6) is 0 Å². The molecule has 3 heterocycles. The first-order chi connectivity index (χ1) is 11.9. The quantitative estimate of drug-likeness (QED) is 0.862. The molecule has 134 valence electrons. The van der Waals surface area contributed by atoms with E-state index in [1.54, 1.807) is 22.0 Å². The van der Waals surface area contributed by atoms with Crippen LogP contribution >= 0.6 is 0 Å². The van der Waals surface area contributed by atoms with E-state index in [2.05, 4.69) is 15.5 Å². The molecule has 8 heteroatoms. The average molecular weight is 344 g/mol. The molecule has 2 aromatic heterocycles. The Hall–Kier alpha value is -2.64. The standard InChI is InChI=1S/C17H24N6O2/c1-11-14(12(2)22(4)20-11)5-6-16(24)19-15-7-8-23(17(15)25)13-9-18-21(3)10-13/h9-10,15H,5-8H2,1-4H3,(H,19,24)/t15-/m0/s1. The third-order valence-electron chi connectivity index (χ3n) is 4.80. The SMILES string of the molecule is Cc1nn(C)c(C)c1CCC(=O)N[C@H]1CCN(c2cnn(C)c2)C1=O. The second-order valence-corrected chi connectivity index (χ2v) is 6.54. The summed E-state index contributed by atoms with van der Waals surface area (Å²) in [5, 5.41) is 11.3. The van der Waals surface area contributed by atoms with Gasteiger partial charge in [0.25, 0.3) is 0 Å². The Kier molecular flexibility index (Phi) is 4.61. The van der Waals surface area contributed by atoms with Crippen molar-refractivity contribution in [1.29, 1.82) is 0 Å². The van der Waals surface area contributed by atoms with Crippen LogP contribution < -0.4 is 10.2 Å². The summed E-state index contributed by atoms with van der Waals surface area (Å²) < 4.78 is 3.49. The van der Waals surface area contributed by atoms with E-state index in [9.17, 15) is 9.59 Å². The van der Waals surface area contributed by atoms with Crippen LogP contribution in [0.4, 0.5) is 5.69 Å². The van der Waals surface area contributed by atoms with Gasteiger partial charge in [-0.05, 0) is 32.3 Å². The highest BCUT2D eigenvalue weighted by Crippen LogP contribution is 2.21. The van der Waals surface area contributed by atoms with Gasteiger partial charge in [0.15, 0.2) is 0 Å². The second kappa shape index (κ2) is 6.70. The third-order valence-corrected chi connectivity index (χ3v) is 4.80. The molecule has 1 aliphatic heterocycles. The molecule has 0 radical (unpaired) electrons. The lowest BCUT2D eigenvalue weighted by Crippen LogP contribution is -2.41. The van der Waals surface area contributed by atoms with Crippen LogP contribution in [0.15, 0.2) is 12.4 Å². The van der Waals surface area contributed by atoms with Crippen molar-refractivity contribution in [2.24, 2.45) is 14.1 Å². The van der Waals surface area contributed by atoms with Crippen LogP contribution in [0.2, 0.25) is 0 Å². The molecule has 2 aromatic rings. The Morgan fingerprint density at radius 2 is 2.12 bits per heavy atom. The molecule has 8 nitrogen and oxygen atoms in total. The Balaban J connectivity index is 1.56. The molecule has 0 bridgehead atoms. The van der Waals surface area contributed by atoms with Gasteiger partial charge in [0.2, 0.25) is 11.8 Å². The topological polar surface area (TPSA) is 85.1 Å². The summed E-state index contributed by atoms with van der Waals surface area (Å²) in [6.07, 6.45) is 5.06. The monoisotopic (exact) mass is 344 g/mol. The molecule has 1 fully saturated rings. The zero-order valence-electron chi connectivity index (χ0n) is 15.1. The van der Waals surface area contributed by atoms with Crippen molar-refractivity contribution in [3.63, 3.8) is 0 Å². The smallest absolute Gasteiger partial charge is 0.249 e. The van der Waals surface area contributed by atoms with Gasteiger partial charge < -0.3 is 10.2 Å². The predicted molar refractivity (Wildman–Crippen MR) is 93.1 cm³/mol. The first kappa shape index (κ1) is 17.2. The predicted octanol–water partition coefficient (Wildman–Crippen LogP) is 0.625. The van der Waals surface area contributed by atoms with Crippen LogP contribution in [0.25, 0.3) is 0 Å². The van der Waals surface area contributed by atoms with Crippen LogP contribution in [0.3, 0.4) is 0 Å². The number of hydrogen-bond donors (Lipinski definition) is 1. The Morgan fingerprint density at radius 3 is 2.72 bits per heavy atom. The van der Waals surface area contributed by atoms with Crippen molar-refractivity contribution >= 4 is 17.5 Å². The molecule has 25 heavy (non-hydrogen) atoms. The number of rotatable bonds is 5. The van der Waals surface area contributed by atoms with E-state index in [1.807, 2.05) is 32.6 Å². The first-order valence-corrected chi connectivity index (χ1v) is 8.45. The number of amides is 2. The van der Waals surface area contributed by atoms with Gasteiger partial charge in [0, 0.05) is 39.0 Å². The molecular formula is C17H24N6O2. The zero-order chi connectivity index (χ0) is 18.1. The minimum absolute atomic E-state index is 0.0740. The Bertz CT molecular complexity index is 806. The fraction of sp³-hybridized carbons (Fsp3) is 0.529. The second-order valence-electron chi connectivity index (χ2n) is 6.54. The van der Waals surface area contributed by atoms with Gasteiger partial charge in [-0.3, -0.25) is 19.0 Å². The highest BCUT2D eigenvalue weighted by Gasteiger charge is 2.34. The molecule has 0 saturated carbocycles. The average Bonchev–Trinajstić information content (AvgIpc) is 3.19. The maximum atomic E-state index is 12.5. The lowest BCUT2D eigenvalue weighted by Gasteiger charge is -2.15. The van der Waals surface area contributed by atoms with Gasteiger partial charge in [0.05, 0.1) is 17.6 Å². The molecule has 1 N–H and O–H groups in total. The highest BCUT2D eigenvalue weighted by atomic mass is 16.2. The van der Waals surface area contributed by atoms with Gasteiger partial charge in [-0.25, -0.2) is 0 Å². The van der Waals surface area contributed by atoms with Crippen molar-refractivity contribution in [1.82, 2.24) is 24.9 Å². The number of aromatic nitrogens is 4. The van der Waals surface area contributed by atoms with E-state index in [4.69, 9.17) is 0 Å². The molecule has 1 atom stereocenters. The van der Waals surface area contributed by atoms with Crippen molar-refractivity contribution in [2.45, 2.75) is 39.2 Å². The Labute approximate surface area is 146 Å². The molecule has 0 spiro atoms. The van der Waals surface area contributed by atoms with E-state index >= 15 is 0 Å². The maximum absolute atomic E-state index is 12.5. The van der Waals surface area contributed by atoms with Crippen molar-refractivity contribution < 1.29 is 9.59 Å². The molecule has 1 aliphatic rings. The van der Waals surface area contributed by atoms with Gasteiger partial charge >= 0.3 is 0 Å². The number of anilines is 1. The summed E-state index contributed by atoms with van der Waals surface area (Å²) in [6, 6.07) is -0.455. The molecule has 0 aromatic carbocycles. The Morgan fingerprint density at radius 1 is 1.36 bits per heavy atom. The first-order valence-electron chi connectivity index (χ1n) is 8.45. The van der Waals surface area contributed by atoms with Gasteiger partial charge in [-0.1, -0.05) is 0 Å². The van der Waals surface area contributed by atoms with Crippen LogP contribution in [-0.4, -0.2) is 44.0 Å². The van der Waals surface area contributed by atoms with E-state index in [1.165, 1.54) is 0 Å². The number of nitrogens with zero attached hydrogens (tertiary/aromatic N) is 5. The minimum Gasteiger partial charge on any atom is -0.344 e. The van der Waals surface area contributed by atoms with Crippen LogP contribution in [-0.2, 0) is 30.1 Å². The normalized spacial score (nSPS) is 17.4. The number of carbonyl (C=O) groups excluding carboxylic acids is 2. The van der Waals surface area contributed by atoms with Crippen LogP contribution in [0.1, 0.15) is 29.8 Å². The molecule has 3 rings (SSSR count). The van der Waals surface area contributed by atoms with Crippen molar-refractivity contribution in [2.75, 3.05) is 11.4 Å². The number of carbonyl (C=O) groups is 2. The van der Waals surface area contributed by atoms with Crippen molar-refractivity contribution in [3.8, 4) is 0 Å². The summed E-state index contributed by atoms with van der Waals surface area (Å²) >= 11 is 0. The van der Waals surface area contributed by atoms with Crippen LogP contribution in [0, 0.1) is 13.8 Å². The summed E-state index contributed by atoms with van der Waals surface area (Å²) in [6.45, 7) is 4.54. The number of nitrogens with one attached hydrogen (secondary N) is 1. The molecule has 0 unspecified atom stereocenters. The highest BCUT2D eigenvalue weighted by molar-refractivity contribution is 6.01. The number of aryl methyl sites for hydroxylation is 3. The largest absolute Gasteiger partial charge is 0.344 e. The lowest BCUT2D eigenvalue weighted by molar-refractivity contribution is -0.126. The lowest BCUT2D eigenvalue weighted by atomic mass is 10.1. The van der Waals surface area contributed by atoms with Crippen molar-refractivity contribution in [3.05, 3.63) is 29.3 Å². The molecule has 0 aliphatic carbocycles. The van der Waals surface area contributed by atoms with E-state index in [-0.39, 0.29) is 11.8 Å². The van der Waals surface area contributed by atoms with Gasteiger partial charge in [-0.2, -0.15) is 10.2 Å². The zero-order valence-corrected chi connectivity index (χ0v) is 15.1. The summed E-state index contributed by atoms with van der Waals surface area (Å²) in [5.41, 5.74) is 3.90. The van der Waals surface area contributed by atoms with Gasteiger partial charge in [-0.15, -0.1) is 0 Å². The van der Waals surface area contributed by atoms with E-state index in [0.717, 1.165) is 22.6 Å². The van der Waals surface area contributed by atoms with Gasteiger partial charge in [0.1, 0.15) is 6.04 Å². The summed E-state index contributed by atoms with van der Waals surface area (Å²) in [7, 11) is 3.71. The molecule has 2 amide bonds. The maximum Gasteiger partial charge on any atom is 0.249 e. The molecule has 1 saturated heterocycles. The summed E-state index contributed by atoms with van der Waals surface area (Å²) in [4.78, 5) is 26.4. The number of hydrogen-bond acceptors (Lipinski definition) is 4. The fourth-order valence-corrected chi connectivity index (χ4v) is 3.30. The third kappa shape index (κ3) is 3.42. The fourth-order valence-electron chi connectivity index (χ4n) is 3.30. The van der Waals surface area contributed by atoms with E-state index in [0.29, 0.717) is 25.8 Å². The molecular weight excluding hydrogens is 320 g/mol. The van der Waals surface area contributed by atoms with E-state index < -0.39 is 6.04 Å². The minimum atomic E-state index is -0.455. The summed E-state index contributed by atoms with van der Waals surface area (Å²) in [5.74, 6) is -0.177.